The molecule has 0 saturated carbocycles. The lowest BCUT2D eigenvalue weighted by Crippen LogP contribution is -2.37. The van der Waals surface area contributed by atoms with Gasteiger partial charge in [-0.1, -0.05) is 43.3 Å². The van der Waals surface area contributed by atoms with Crippen molar-refractivity contribution in [1.82, 2.24) is 15.5 Å². The lowest BCUT2D eigenvalue weighted by molar-refractivity contribution is -0.137. The van der Waals surface area contributed by atoms with E-state index < -0.39 is 17.2 Å². The van der Waals surface area contributed by atoms with Gasteiger partial charge < -0.3 is 9.84 Å². The zero-order chi connectivity index (χ0) is 21.1. The van der Waals surface area contributed by atoms with Crippen LogP contribution in [0.5, 0.6) is 0 Å². The third-order valence-electron chi connectivity index (χ3n) is 4.47. The van der Waals surface area contributed by atoms with Crippen molar-refractivity contribution in [2.24, 2.45) is 0 Å². The van der Waals surface area contributed by atoms with Crippen LogP contribution in [0.2, 0.25) is 0 Å². The summed E-state index contributed by atoms with van der Waals surface area (Å²) in [6.45, 7) is 3.78. The Balaban J connectivity index is 1.53. The number of amides is 1. The molecule has 0 spiro atoms. The molecule has 0 bridgehead atoms. The molecule has 3 rings (SSSR count). The van der Waals surface area contributed by atoms with E-state index in [1.54, 1.807) is 19.9 Å². The molecule has 0 aliphatic carbocycles. The second kappa shape index (κ2) is 8.36. The maximum absolute atomic E-state index is 12.9. The molecule has 1 N–H and O–H groups in total. The maximum atomic E-state index is 12.9. The predicted octanol–water partition coefficient (Wildman–Crippen LogP) is 4.84. The van der Waals surface area contributed by atoms with Gasteiger partial charge in [-0.15, -0.1) is 11.3 Å². The van der Waals surface area contributed by atoms with Crippen LogP contribution in [-0.2, 0) is 22.8 Å². The molecule has 0 radical (unpaired) electrons. The Morgan fingerprint density at radius 1 is 1.17 bits per heavy atom. The van der Waals surface area contributed by atoms with Gasteiger partial charge in [0.2, 0.25) is 17.6 Å². The van der Waals surface area contributed by atoms with Crippen LogP contribution in [0, 0.1) is 0 Å². The van der Waals surface area contributed by atoms with Crippen LogP contribution in [0.25, 0.3) is 10.7 Å². The van der Waals surface area contributed by atoms with Crippen molar-refractivity contribution in [3.05, 3.63) is 58.8 Å². The van der Waals surface area contributed by atoms with Gasteiger partial charge in [0.1, 0.15) is 0 Å². The van der Waals surface area contributed by atoms with Crippen LogP contribution in [0.1, 0.15) is 37.3 Å². The number of carbonyl (C=O) groups is 1. The number of halogens is 3. The number of aromatic nitrogens is 2. The molecule has 0 fully saturated rings. The van der Waals surface area contributed by atoms with Gasteiger partial charge >= 0.3 is 6.18 Å². The smallest absolute Gasteiger partial charge is 0.355 e. The summed E-state index contributed by atoms with van der Waals surface area (Å²) < 4.78 is 44.0. The molecule has 0 atom stereocenters. The minimum atomic E-state index is -4.40. The third-order valence-corrected chi connectivity index (χ3v) is 5.34. The molecule has 154 valence electrons. The van der Waals surface area contributed by atoms with Gasteiger partial charge in [-0.25, -0.2) is 0 Å². The van der Waals surface area contributed by atoms with E-state index in [0.29, 0.717) is 17.3 Å². The molecule has 0 saturated heterocycles. The first-order valence-electron chi connectivity index (χ1n) is 8.96. The molecule has 2 heterocycles. The van der Waals surface area contributed by atoms with Gasteiger partial charge in [0, 0.05) is 24.8 Å². The molecule has 2 aromatic heterocycles. The average Bonchev–Trinajstić information content (AvgIpc) is 3.35. The summed E-state index contributed by atoms with van der Waals surface area (Å²) in [7, 11) is 0. The molecule has 0 unspecified atom stereocenters. The van der Waals surface area contributed by atoms with Crippen molar-refractivity contribution in [3.8, 4) is 10.7 Å². The second-order valence-electron chi connectivity index (χ2n) is 7.23. The topological polar surface area (TPSA) is 68.0 Å². The fraction of sp³-hybridized carbons (Fsp3) is 0.350. The van der Waals surface area contributed by atoms with Gasteiger partial charge in [0.25, 0.3) is 0 Å². The normalized spacial score (nSPS) is 12.2. The fourth-order valence-electron chi connectivity index (χ4n) is 2.71. The van der Waals surface area contributed by atoms with E-state index in [2.05, 4.69) is 15.5 Å². The Labute approximate surface area is 169 Å². The number of thiophene rings is 1. The summed E-state index contributed by atoms with van der Waals surface area (Å²) in [4.78, 5) is 17.3. The van der Waals surface area contributed by atoms with Crippen molar-refractivity contribution in [2.45, 2.75) is 38.3 Å². The number of nitrogens with zero attached hydrogens (tertiary/aromatic N) is 2. The van der Waals surface area contributed by atoms with E-state index in [4.69, 9.17) is 4.52 Å². The molecule has 29 heavy (non-hydrogen) atoms. The molecule has 0 aliphatic rings. The maximum Gasteiger partial charge on any atom is 0.416 e. The largest absolute Gasteiger partial charge is 0.416 e. The van der Waals surface area contributed by atoms with Crippen LogP contribution in [0.15, 0.2) is 46.3 Å². The van der Waals surface area contributed by atoms with E-state index in [0.717, 1.165) is 17.0 Å². The first kappa shape index (κ1) is 21.0. The van der Waals surface area contributed by atoms with Crippen molar-refractivity contribution in [2.75, 3.05) is 6.54 Å². The highest BCUT2D eigenvalue weighted by atomic mass is 32.1. The van der Waals surface area contributed by atoms with Gasteiger partial charge in [0.05, 0.1) is 10.4 Å². The molecule has 3 aromatic rings. The lowest BCUT2D eigenvalue weighted by Gasteiger charge is -2.26. The number of carbonyl (C=O) groups excluding carboxylic acids is 1. The molecule has 0 aliphatic heterocycles. The molecule has 9 heteroatoms. The number of benzene rings is 1. The first-order chi connectivity index (χ1) is 13.6. The van der Waals surface area contributed by atoms with Gasteiger partial charge in [-0.3, -0.25) is 4.79 Å². The average molecular weight is 423 g/mol. The monoisotopic (exact) mass is 423 g/mol. The summed E-state index contributed by atoms with van der Waals surface area (Å²) in [5.74, 6) is 0.614. The molecule has 1 amide bonds. The summed E-state index contributed by atoms with van der Waals surface area (Å²) in [5, 5.41) is 8.57. The van der Waals surface area contributed by atoms with Gasteiger partial charge in [-0.05, 0) is 23.1 Å². The quantitative estimate of drug-likeness (QED) is 0.590. The standard InChI is InChI=1S/C20H20F3N3O2S/c1-19(2,13-5-3-6-14(11-13)20(21,22)23)12-24-16(27)8-9-17-25-18(26-28-17)15-7-4-10-29-15/h3-7,10-11H,8-9,12H2,1-2H3,(H,24,27). The minimum Gasteiger partial charge on any atom is -0.355 e. The Bertz CT molecular complexity index is 966. The number of hydrogen-bond donors (Lipinski definition) is 1. The third kappa shape index (κ3) is 5.44. The number of alkyl halides is 3. The summed E-state index contributed by atoms with van der Waals surface area (Å²) >= 11 is 1.49. The van der Waals surface area contributed by atoms with Gasteiger partial charge in [-0.2, -0.15) is 18.2 Å². The highest BCUT2D eigenvalue weighted by molar-refractivity contribution is 7.13. The second-order valence-corrected chi connectivity index (χ2v) is 8.18. The number of nitrogens with one attached hydrogen (secondary N) is 1. The molecular formula is C20H20F3N3O2S. The van der Waals surface area contributed by atoms with Crippen LogP contribution >= 0.6 is 11.3 Å². The predicted molar refractivity (Wildman–Crippen MR) is 103 cm³/mol. The van der Waals surface area contributed by atoms with Gasteiger partial charge in [0.15, 0.2) is 0 Å². The number of rotatable bonds is 7. The Morgan fingerprint density at radius 2 is 1.93 bits per heavy atom. The van der Waals surface area contributed by atoms with E-state index in [1.165, 1.54) is 17.4 Å². The van der Waals surface area contributed by atoms with Crippen LogP contribution < -0.4 is 5.32 Å². The SMILES string of the molecule is CC(C)(CNC(=O)CCc1nc(-c2cccs2)no1)c1cccc(C(F)(F)F)c1. The zero-order valence-corrected chi connectivity index (χ0v) is 16.7. The van der Waals surface area contributed by atoms with Crippen molar-refractivity contribution in [3.63, 3.8) is 0 Å². The van der Waals surface area contributed by atoms with Crippen molar-refractivity contribution in [1.29, 1.82) is 0 Å². The molecule has 5 nitrogen and oxygen atoms in total. The molecular weight excluding hydrogens is 403 g/mol. The van der Waals surface area contributed by atoms with Crippen LogP contribution in [0.3, 0.4) is 0 Å². The fourth-order valence-corrected chi connectivity index (χ4v) is 3.36. The van der Waals surface area contributed by atoms with E-state index in [9.17, 15) is 18.0 Å². The minimum absolute atomic E-state index is 0.144. The Hall–Kier alpha value is -2.68. The summed E-state index contributed by atoms with van der Waals surface area (Å²) in [6, 6.07) is 8.93. The van der Waals surface area contributed by atoms with E-state index in [1.807, 2.05) is 17.5 Å². The zero-order valence-electron chi connectivity index (χ0n) is 15.9. The highest BCUT2D eigenvalue weighted by Crippen LogP contribution is 2.32. The van der Waals surface area contributed by atoms with Crippen LogP contribution in [0.4, 0.5) is 13.2 Å². The van der Waals surface area contributed by atoms with Crippen molar-refractivity contribution >= 4 is 17.2 Å². The summed E-state index contributed by atoms with van der Waals surface area (Å²) in [6.07, 6.45) is -3.97. The Morgan fingerprint density at radius 3 is 2.62 bits per heavy atom. The first-order valence-corrected chi connectivity index (χ1v) is 9.84. The number of aryl methyl sites for hydroxylation is 1. The van der Waals surface area contributed by atoms with E-state index in [-0.39, 0.29) is 25.3 Å². The lowest BCUT2D eigenvalue weighted by atomic mass is 9.83. The van der Waals surface area contributed by atoms with Crippen LogP contribution in [-0.4, -0.2) is 22.6 Å². The van der Waals surface area contributed by atoms with Crippen molar-refractivity contribution < 1.29 is 22.5 Å². The van der Waals surface area contributed by atoms with E-state index >= 15 is 0 Å². The Kier molecular flexibility index (Phi) is 6.07. The molecule has 1 aromatic carbocycles. The summed E-state index contributed by atoms with van der Waals surface area (Å²) in [5.41, 5.74) is -0.856. The highest BCUT2D eigenvalue weighted by Gasteiger charge is 2.32. The number of hydrogen-bond acceptors (Lipinski definition) is 5.